The molecule has 100 valence electrons. The maximum Gasteiger partial charge on any atom is 0.410 e. The van der Waals surface area contributed by atoms with Gasteiger partial charge in [0, 0.05) is 13.1 Å². The van der Waals surface area contributed by atoms with Crippen molar-refractivity contribution in [3.05, 3.63) is 25.3 Å². The lowest BCUT2D eigenvalue weighted by atomic mass is 9.73. The predicted octanol–water partition coefficient (Wildman–Crippen LogP) is 2.55. The maximum atomic E-state index is 11.8. The first-order valence-electron chi connectivity index (χ1n) is 6.00. The van der Waals surface area contributed by atoms with Crippen molar-refractivity contribution in [2.75, 3.05) is 13.1 Å². The van der Waals surface area contributed by atoms with E-state index >= 15 is 0 Å². The molecule has 4 nitrogen and oxygen atoms in total. The molecule has 1 saturated heterocycles. The third-order valence-corrected chi connectivity index (χ3v) is 2.88. The van der Waals surface area contributed by atoms with E-state index in [-0.39, 0.29) is 11.9 Å². The van der Waals surface area contributed by atoms with Crippen molar-refractivity contribution in [1.29, 1.82) is 0 Å². The molecule has 0 aromatic rings. The zero-order valence-electron chi connectivity index (χ0n) is 11.4. The Bertz CT molecular complexity index is 373. The molecule has 1 fully saturated rings. The highest BCUT2D eigenvalue weighted by Gasteiger charge is 2.49. The van der Waals surface area contributed by atoms with Crippen LogP contribution in [0.4, 0.5) is 4.79 Å². The summed E-state index contributed by atoms with van der Waals surface area (Å²) < 4.78 is 5.25. The van der Waals surface area contributed by atoms with Gasteiger partial charge in [-0.2, -0.15) is 0 Å². The van der Waals surface area contributed by atoms with Crippen LogP contribution in [0.15, 0.2) is 25.3 Å². The molecular weight excluding hydrogens is 230 g/mol. The quantitative estimate of drug-likeness (QED) is 0.570. The second-order valence-corrected chi connectivity index (χ2v) is 5.68. The molecule has 0 radical (unpaired) electrons. The number of ketones is 1. The molecule has 1 rings (SSSR count). The second kappa shape index (κ2) is 4.96. The molecule has 0 aromatic heterocycles. The first-order valence-corrected chi connectivity index (χ1v) is 6.00. The molecule has 0 aliphatic carbocycles. The number of amides is 1. The first kappa shape index (κ1) is 14.5. The predicted molar refractivity (Wildman–Crippen MR) is 70.3 cm³/mol. The molecule has 0 unspecified atom stereocenters. The van der Waals surface area contributed by atoms with Gasteiger partial charge in [-0.05, 0) is 33.3 Å². The van der Waals surface area contributed by atoms with Crippen molar-refractivity contribution in [2.24, 2.45) is 5.41 Å². The van der Waals surface area contributed by atoms with E-state index in [1.807, 2.05) is 20.8 Å². The third-order valence-electron chi connectivity index (χ3n) is 2.88. The van der Waals surface area contributed by atoms with E-state index in [1.54, 1.807) is 6.08 Å². The van der Waals surface area contributed by atoms with Gasteiger partial charge in [0.05, 0.1) is 5.41 Å². The Morgan fingerprint density at radius 1 is 1.33 bits per heavy atom. The Hall–Kier alpha value is -1.58. The second-order valence-electron chi connectivity index (χ2n) is 5.68. The minimum atomic E-state index is -0.541. The number of ether oxygens (including phenoxy) is 1. The molecule has 0 bridgehead atoms. The van der Waals surface area contributed by atoms with Crippen molar-refractivity contribution in [1.82, 2.24) is 4.90 Å². The fraction of sp³-hybridized carbons (Fsp3) is 0.571. The van der Waals surface area contributed by atoms with Crippen molar-refractivity contribution >= 4 is 11.9 Å². The highest BCUT2D eigenvalue weighted by Crippen LogP contribution is 2.36. The van der Waals surface area contributed by atoms with Gasteiger partial charge in [0.25, 0.3) is 0 Å². The first-order chi connectivity index (χ1) is 8.24. The molecule has 0 spiro atoms. The summed E-state index contributed by atoms with van der Waals surface area (Å²) in [4.78, 5) is 25.1. The molecule has 0 atom stereocenters. The Balaban J connectivity index is 2.64. The van der Waals surface area contributed by atoms with Crippen LogP contribution >= 0.6 is 0 Å². The van der Waals surface area contributed by atoms with Gasteiger partial charge in [-0.3, -0.25) is 4.79 Å². The van der Waals surface area contributed by atoms with Gasteiger partial charge in [0.15, 0.2) is 5.78 Å². The fourth-order valence-electron chi connectivity index (χ4n) is 2.02. The number of nitrogens with zero attached hydrogens (tertiary/aromatic N) is 1. The standard InChI is InChI=1S/C14H21NO3/c1-6-8-14(11(16)7-2)9-15(10-14)12(17)18-13(3,4)5/h6-7H,1-2,8-10H2,3-5H3. The molecule has 0 aromatic carbocycles. The van der Waals surface area contributed by atoms with E-state index in [9.17, 15) is 9.59 Å². The molecule has 1 aliphatic heterocycles. The van der Waals surface area contributed by atoms with Gasteiger partial charge in [-0.15, -0.1) is 6.58 Å². The van der Waals surface area contributed by atoms with Gasteiger partial charge >= 0.3 is 6.09 Å². The molecule has 4 heteroatoms. The summed E-state index contributed by atoms with van der Waals surface area (Å²) in [5, 5.41) is 0. The van der Waals surface area contributed by atoms with Gasteiger partial charge in [0.1, 0.15) is 5.60 Å². The molecule has 0 N–H and O–H groups in total. The average Bonchev–Trinajstić information content (AvgIpc) is 2.18. The van der Waals surface area contributed by atoms with Crippen LogP contribution in [-0.2, 0) is 9.53 Å². The maximum absolute atomic E-state index is 11.8. The molecule has 1 amide bonds. The lowest BCUT2D eigenvalue weighted by Crippen LogP contribution is -2.62. The van der Waals surface area contributed by atoms with Crippen molar-refractivity contribution in [2.45, 2.75) is 32.8 Å². The van der Waals surface area contributed by atoms with E-state index in [0.717, 1.165) is 0 Å². The summed E-state index contributed by atoms with van der Waals surface area (Å²) in [7, 11) is 0. The molecule has 1 aliphatic rings. The molecule has 18 heavy (non-hydrogen) atoms. The van der Waals surface area contributed by atoms with Gasteiger partial charge in [-0.1, -0.05) is 12.7 Å². The third kappa shape index (κ3) is 3.00. The number of allylic oxidation sites excluding steroid dienone is 2. The minimum Gasteiger partial charge on any atom is -0.444 e. The van der Waals surface area contributed by atoms with E-state index in [4.69, 9.17) is 4.74 Å². The summed E-state index contributed by atoms with van der Waals surface area (Å²) in [6.07, 6.45) is 3.19. The zero-order valence-corrected chi connectivity index (χ0v) is 11.4. The summed E-state index contributed by atoms with van der Waals surface area (Å²) in [5.41, 5.74) is -1.06. The molecular formula is C14H21NO3. The number of hydrogen-bond acceptors (Lipinski definition) is 3. The van der Waals surface area contributed by atoms with Crippen LogP contribution in [0.3, 0.4) is 0 Å². The number of hydrogen-bond donors (Lipinski definition) is 0. The van der Waals surface area contributed by atoms with Crippen molar-refractivity contribution in [3.8, 4) is 0 Å². The number of likely N-dealkylation sites (tertiary alicyclic amines) is 1. The molecule has 1 heterocycles. The van der Waals surface area contributed by atoms with Crippen molar-refractivity contribution < 1.29 is 14.3 Å². The van der Waals surface area contributed by atoms with E-state index in [0.29, 0.717) is 19.5 Å². The summed E-state index contributed by atoms with van der Waals surface area (Å²) in [5.74, 6) is -0.0396. The van der Waals surface area contributed by atoms with Crippen LogP contribution < -0.4 is 0 Å². The van der Waals surface area contributed by atoms with Gasteiger partial charge in [-0.25, -0.2) is 4.79 Å². The highest BCUT2D eigenvalue weighted by atomic mass is 16.6. The van der Waals surface area contributed by atoms with Crippen LogP contribution in [-0.4, -0.2) is 35.5 Å². The fourth-order valence-corrected chi connectivity index (χ4v) is 2.02. The van der Waals surface area contributed by atoms with E-state index < -0.39 is 11.0 Å². The Morgan fingerprint density at radius 3 is 2.28 bits per heavy atom. The minimum absolute atomic E-state index is 0.0396. The summed E-state index contributed by atoms with van der Waals surface area (Å²) in [6, 6.07) is 0. The smallest absolute Gasteiger partial charge is 0.410 e. The topological polar surface area (TPSA) is 46.6 Å². The Kier molecular flexibility index (Phi) is 3.99. The Labute approximate surface area is 108 Å². The SMILES string of the molecule is C=CCC1(C(=O)C=C)CN(C(=O)OC(C)(C)C)C1. The summed E-state index contributed by atoms with van der Waals surface area (Å²) in [6.45, 7) is 13.3. The summed E-state index contributed by atoms with van der Waals surface area (Å²) >= 11 is 0. The van der Waals surface area contributed by atoms with Crippen LogP contribution in [0.1, 0.15) is 27.2 Å². The lowest BCUT2D eigenvalue weighted by Gasteiger charge is -2.48. The highest BCUT2D eigenvalue weighted by molar-refractivity contribution is 5.96. The van der Waals surface area contributed by atoms with E-state index in [1.165, 1.54) is 11.0 Å². The number of rotatable bonds is 4. The van der Waals surface area contributed by atoms with Crippen LogP contribution in [0.2, 0.25) is 0 Å². The lowest BCUT2D eigenvalue weighted by molar-refractivity contribution is -0.132. The van der Waals surface area contributed by atoms with E-state index in [2.05, 4.69) is 13.2 Å². The van der Waals surface area contributed by atoms with Gasteiger partial charge in [0.2, 0.25) is 0 Å². The number of carbonyl (C=O) groups excluding carboxylic acids is 2. The monoisotopic (exact) mass is 251 g/mol. The number of carbonyl (C=O) groups is 2. The zero-order chi connectivity index (χ0) is 14.0. The average molecular weight is 251 g/mol. The molecule has 0 saturated carbocycles. The van der Waals surface area contributed by atoms with Gasteiger partial charge < -0.3 is 9.64 Å². The Morgan fingerprint density at radius 2 is 1.89 bits per heavy atom. The van der Waals surface area contributed by atoms with Crippen LogP contribution in [0, 0.1) is 5.41 Å². The normalized spacial score (nSPS) is 17.6. The van der Waals surface area contributed by atoms with Crippen LogP contribution in [0.25, 0.3) is 0 Å². The van der Waals surface area contributed by atoms with Crippen molar-refractivity contribution in [3.63, 3.8) is 0 Å². The van der Waals surface area contributed by atoms with Crippen LogP contribution in [0.5, 0.6) is 0 Å². The largest absolute Gasteiger partial charge is 0.444 e.